The molecular formula is C25H21N3O2S. The van der Waals surface area contributed by atoms with Crippen LogP contribution in [0.4, 0.5) is 5.82 Å². The van der Waals surface area contributed by atoms with Gasteiger partial charge in [-0.05, 0) is 53.6 Å². The van der Waals surface area contributed by atoms with Gasteiger partial charge in [0.15, 0.2) is 5.82 Å². The van der Waals surface area contributed by atoms with E-state index >= 15 is 0 Å². The van der Waals surface area contributed by atoms with Crippen molar-refractivity contribution in [3.63, 3.8) is 0 Å². The molecule has 0 unspecified atom stereocenters. The van der Waals surface area contributed by atoms with Gasteiger partial charge in [0, 0.05) is 5.56 Å². The maximum atomic E-state index is 12.8. The number of methoxy groups -OCH3 is 1. The summed E-state index contributed by atoms with van der Waals surface area (Å²) in [6, 6.07) is 19.8. The Balaban J connectivity index is 1.54. The number of benzene rings is 2. The van der Waals surface area contributed by atoms with Gasteiger partial charge in [0.1, 0.15) is 11.4 Å². The maximum absolute atomic E-state index is 12.8. The summed E-state index contributed by atoms with van der Waals surface area (Å²) in [7, 11) is 1.68. The highest BCUT2D eigenvalue weighted by Gasteiger charge is 2.24. The SMILES string of the molecule is COc1ccc2c(c1)CCc1nc(NC(=O)Cc3ccccc3)c(-c3cccs3)nc1-2. The Bertz CT molecular complexity index is 1240. The number of hydrogen-bond donors (Lipinski definition) is 1. The Morgan fingerprint density at radius 1 is 1.03 bits per heavy atom. The zero-order valence-corrected chi connectivity index (χ0v) is 17.9. The van der Waals surface area contributed by atoms with Crippen molar-refractivity contribution in [3.05, 3.63) is 82.9 Å². The van der Waals surface area contributed by atoms with Crippen molar-refractivity contribution in [3.8, 4) is 27.6 Å². The number of anilines is 1. The van der Waals surface area contributed by atoms with Gasteiger partial charge in [0.05, 0.1) is 29.8 Å². The third-order valence-electron chi connectivity index (χ3n) is 5.39. The summed E-state index contributed by atoms with van der Waals surface area (Å²) in [6.45, 7) is 0. The van der Waals surface area contributed by atoms with Crippen molar-refractivity contribution < 1.29 is 9.53 Å². The lowest BCUT2D eigenvalue weighted by Crippen LogP contribution is -2.18. The normalized spacial score (nSPS) is 12.0. The van der Waals surface area contributed by atoms with Gasteiger partial charge < -0.3 is 10.1 Å². The number of carbonyl (C=O) groups excluding carboxylic acids is 1. The molecule has 5 nitrogen and oxygen atoms in total. The number of amides is 1. The molecule has 0 radical (unpaired) electrons. The molecule has 4 aromatic rings. The summed E-state index contributed by atoms with van der Waals surface area (Å²) in [4.78, 5) is 23.6. The summed E-state index contributed by atoms with van der Waals surface area (Å²) >= 11 is 1.59. The number of rotatable bonds is 5. The molecule has 31 heavy (non-hydrogen) atoms. The minimum atomic E-state index is -0.0980. The monoisotopic (exact) mass is 427 g/mol. The predicted octanol–water partition coefficient (Wildman–Crippen LogP) is 5.16. The topological polar surface area (TPSA) is 64.1 Å². The summed E-state index contributed by atoms with van der Waals surface area (Å²) in [5, 5.41) is 5.02. The highest BCUT2D eigenvalue weighted by atomic mass is 32.1. The fraction of sp³-hybridized carbons (Fsp3) is 0.160. The third-order valence-corrected chi connectivity index (χ3v) is 6.26. The highest BCUT2D eigenvalue weighted by molar-refractivity contribution is 7.13. The lowest BCUT2D eigenvalue weighted by atomic mass is 9.91. The zero-order valence-electron chi connectivity index (χ0n) is 17.1. The van der Waals surface area contributed by atoms with Crippen molar-refractivity contribution in [2.45, 2.75) is 19.3 Å². The van der Waals surface area contributed by atoms with E-state index in [1.54, 1.807) is 18.4 Å². The first-order chi connectivity index (χ1) is 15.2. The molecular weight excluding hydrogens is 406 g/mol. The van der Waals surface area contributed by atoms with Crippen LogP contribution in [0, 0.1) is 0 Å². The second-order valence-corrected chi connectivity index (χ2v) is 8.37. The van der Waals surface area contributed by atoms with E-state index < -0.39 is 0 Å². The Morgan fingerprint density at radius 2 is 1.90 bits per heavy atom. The number of aromatic nitrogens is 2. The average molecular weight is 428 g/mol. The van der Waals surface area contributed by atoms with Crippen LogP contribution in [0.25, 0.3) is 21.8 Å². The number of fused-ring (bicyclic) bond motifs is 3. The van der Waals surface area contributed by atoms with Crippen LogP contribution >= 0.6 is 11.3 Å². The van der Waals surface area contributed by atoms with Crippen LogP contribution in [-0.4, -0.2) is 23.0 Å². The third kappa shape index (κ3) is 3.94. The lowest BCUT2D eigenvalue weighted by molar-refractivity contribution is -0.115. The number of thiophene rings is 1. The molecule has 0 spiro atoms. The zero-order chi connectivity index (χ0) is 21.2. The first-order valence-electron chi connectivity index (χ1n) is 10.2. The molecule has 0 saturated carbocycles. The van der Waals surface area contributed by atoms with Crippen molar-refractivity contribution in [2.24, 2.45) is 0 Å². The molecule has 0 saturated heterocycles. The van der Waals surface area contributed by atoms with E-state index in [1.165, 1.54) is 5.56 Å². The van der Waals surface area contributed by atoms with Crippen LogP contribution in [0.15, 0.2) is 66.0 Å². The second kappa shape index (κ2) is 8.32. The highest BCUT2D eigenvalue weighted by Crippen LogP contribution is 2.38. The van der Waals surface area contributed by atoms with Crippen molar-refractivity contribution >= 4 is 23.1 Å². The van der Waals surface area contributed by atoms with Crippen molar-refractivity contribution in [1.82, 2.24) is 9.97 Å². The molecule has 5 rings (SSSR count). The molecule has 1 aliphatic rings. The van der Waals surface area contributed by atoms with E-state index in [-0.39, 0.29) is 5.91 Å². The van der Waals surface area contributed by atoms with Crippen LogP contribution in [0.3, 0.4) is 0 Å². The van der Waals surface area contributed by atoms with Crippen LogP contribution < -0.4 is 10.1 Å². The van der Waals surface area contributed by atoms with E-state index in [0.29, 0.717) is 17.9 Å². The number of nitrogens with zero attached hydrogens (tertiary/aromatic N) is 2. The molecule has 0 bridgehead atoms. The largest absolute Gasteiger partial charge is 0.497 e. The quantitative estimate of drug-likeness (QED) is 0.478. The van der Waals surface area contributed by atoms with Crippen LogP contribution in [0.1, 0.15) is 16.8 Å². The van der Waals surface area contributed by atoms with Gasteiger partial charge in [-0.3, -0.25) is 4.79 Å². The number of aryl methyl sites for hydroxylation is 2. The first kappa shape index (κ1) is 19.5. The van der Waals surface area contributed by atoms with Crippen molar-refractivity contribution in [2.75, 3.05) is 12.4 Å². The van der Waals surface area contributed by atoms with Gasteiger partial charge in [0.25, 0.3) is 0 Å². The Morgan fingerprint density at radius 3 is 2.68 bits per heavy atom. The van der Waals surface area contributed by atoms with Crippen LogP contribution in [0.2, 0.25) is 0 Å². The van der Waals surface area contributed by atoms with Gasteiger partial charge in [0.2, 0.25) is 5.91 Å². The first-order valence-corrected chi connectivity index (χ1v) is 11.0. The molecule has 154 valence electrons. The van der Waals surface area contributed by atoms with Crippen LogP contribution in [0.5, 0.6) is 5.75 Å². The minimum Gasteiger partial charge on any atom is -0.497 e. The maximum Gasteiger partial charge on any atom is 0.230 e. The molecule has 1 N–H and O–H groups in total. The lowest BCUT2D eigenvalue weighted by Gasteiger charge is -2.21. The van der Waals surface area contributed by atoms with E-state index in [4.69, 9.17) is 14.7 Å². The molecule has 0 atom stereocenters. The van der Waals surface area contributed by atoms with E-state index in [0.717, 1.165) is 46.0 Å². The minimum absolute atomic E-state index is 0.0980. The van der Waals surface area contributed by atoms with Gasteiger partial charge >= 0.3 is 0 Å². The molecule has 1 amide bonds. The summed E-state index contributed by atoms with van der Waals surface area (Å²) in [5.74, 6) is 1.27. The van der Waals surface area contributed by atoms with E-state index in [2.05, 4.69) is 11.4 Å². The molecule has 1 aliphatic carbocycles. The van der Waals surface area contributed by atoms with E-state index in [1.807, 2.05) is 60.0 Å². The van der Waals surface area contributed by atoms with Crippen molar-refractivity contribution in [1.29, 1.82) is 0 Å². The predicted molar refractivity (Wildman–Crippen MR) is 124 cm³/mol. The Hall–Kier alpha value is -3.51. The number of nitrogens with one attached hydrogen (secondary N) is 1. The smallest absolute Gasteiger partial charge is 0.230 e. The Kier molecular flexibility index (Phi) is 5.22. The van der Waals surface area contributed by atoms with Gasteiger partial charge in [-0.15, -0.1) is 11.3 Å². The standard InChI is InChI=1S/C25H21N3O2S/c1-30-18-10-11-19-17(15-18)9-12-20-23(19)28-24(21-8-5-13-31-21)25(26-20)27-22(29)14-16-6-3-2-4-7-16/h2-8,10-11,13,15H,9,12,14H2,1H3,(H,26,27,29). The van der Waals surface area contributed by atoms with Crippen LogP contribution in [-0.2, 0) is 24.1 Å². The summed E-state index contributed by atoms with van der Waals surface area (Å²) < 4.78 is 5.38. The Labute approximate surface area is 184 Å². The molecule has 2 aromatic carbocycles. The number of hydrogen-bond acceptors (Lipinski definition) is 5. The number of carbonyl (C=O) groups is 1. The molecule has 2 heterocycles. The fourth-order valence-electron chi connectivity index (χ4n) is 3.88. The van der Waals surface area contributed by atoms with Gasteiger partial charge in [-0.2, -0.15) is 0 Å². The van der Waals surface area contributed by atoms with Gasteiger partial charge in [-0.25, -0.2) is 9.97 Å². The average Bonchev–Trinajstić information content (AvgIpc) is 3.33. The van der Waals surface area contributed by atoms with Gasteiger partial charge in [-0.1, -0.05) is 36.4 Å². The fourth-order valence-corrected chi connectivity index (χ4v) is 4.59. The summed E-state index contributed by atoms with van der Waals surface area (Å²) in [6.07, 6.45) is 1.94. The van der Waals surface area contributed by atoms with E-state index in [9.17, 15) is 4.79 Å². The second-order valence-electron chi connectivity index (χ2n) is 7.43. The molecule has 6 heteroatoms. The molecule has 0 aliphatic heterocycles. The molecule has 2 aromatic heterocycles. The summed E-state index contributed by atoms with van der Waals surface area (Å²) in [5.41, 5.74) is 5.75. The number of ether oxygens (including phenoxy) is 1. The molecule has 0 fully saturated rings.